The molecule has 0 atom stereocenters. The highest BCUT2D eigenvalue weighted by Crippen LogP contribution is 2.19. The molecule has 1 aliphatic rings. The van der Waals surface area contributed by atoms with Gasteiger partial charge >= 0.3 is 0 Å². The van der Waals surface area contributed by atoms with Crippen molar-refractivity contribution in [2.24, 2.45) is 0 Å². The fourth-order valence-corrected chi connectivity index (χ4v) is 1.85. The Labute approximate surface area is 91.2 Å². The molecule has 0 saturated heterocycles. The standard InChI is InChI=1S/C11H20N2O2/c1-12(2)11(15)8-13(3)9-4-6-10(14)7-5-9/h9H,4-8H2,1-3H3. The minimum Gasteiger partial charge on any atom is -0.348 e. The van der Waals surface area contributed by atoms with E-state index >= 15 is 0 Å². The summed E-state index contributed by atoms with van der Waals surface area (Å²) in [5.41, 5.74) is 0. The molecule has 0 bridgehead atoms. The highest BCUT2D eigenvalue weighted by Gasteiger charge is 2.23. The van der Waals surface area contributed by atoms with Gasteiger partial charge in [0, 0.05) is 33.0 Å². The number of ketones is 1. The number of carbonyl (C=O) groups excluding carboxylic acids is 2. The van der Waals surface area contributed by atoms with E-state index in [1.165, 1.54) is 0 Å². The third-order valence-corrected chi connectivity index (χ3v) is 3.02. The predicted octanol–water partition coefficient (Wildman–Crippen LogP) is 0.518. The highest BCUT2D eigenvalue weighted by molar-refractivity contribution is 5.79. The van der Waals surface area contributed by atoms with E-state index < -0.39 is 0 Å². The lowest BCUT2D eigenvalue weighted by molar-refractivity contribution is -0.130. The van der Waals surface area contributed by atoms with Gasteiger partial charge in [-0.3, -0.25) is 14.5 Å². The minimum atomic E-state index is 0.120. The molecule has 1 rings (SSSR count). The molecular weight excluding hydrogens is 192 g/mol. The van der Waals surface area contributed by atoms with Crippen molar-refractivity contribution in [2.75, 3.05) is 27.7 Å². The van der Waals surface area contributed by atoms with Crippen LogP contribution in [0.4, 0.5) is 0 Å². The van der Waals surface area contributed by atoms with Crippen molar-refractivity contribution in [1.82, 2.24) is 9.80 Å². The fraction of sp³-hybridized carbons (Fsp3) is 0.818. The summed E-state index contributed by atoms with van der Waals surface area (Å²) in [5.74, 6) is 0.480. The van der Waals surface area contributed by atoms with E-state index in [4.69, 9.17) is 0 Å². The van der Waals surface area contributed by atoms with Gasteiger partial charge in [-0.15, -0.1) is 0 Å². The van der Waals surface area contributed by atoms with Crippen molar-refractivity contribution in [2.45, 2.75) is 31.7 Å². The summed E-state index contributed by atoms with van der Waals surface area (Å²) in [6.45, 7) is 0.450. The molecule has 0 aromatic heterocycles. The molecule has 1 amide bonds. The van der Waals surface area contributed by atoms with Gasteiger partial charge in [0.25, 0.3) is 0 Å². The predicted molar refractivity (Wildman–Crippen MR) is 58.6 cm³/mol. The zero-order valence-corrected chi connectivity index (χ0v) is 9.82. The number of Topliss-reactive ketones (excluding diaryl/α,β-unsaturated/α-hetero) is 1. The van der Waals surface area contributed by atoms with Crippen LogP contribution >= 0.6 is 0 Å². The quantitative estimate of drug-likeness (QED) is 0.684. The lowest BCUT2D eigenvalue weighted by atomic mass is 9.93. The molecule has 0 aromatic rings. The van der Waals surface area contributed by atoms with Crippen LogP contribution in [0.2, 0.25) is 0 Å². The van der Waals surface area contributed by atoms with Crippen LogP contribution in [-0.4, -0.2) is 55.2 Å². The SMILES string of the molecule is CN(C)C(=O)CN(C)C1CCC(=O)CC1. The Kier molecular flexibility index (Phi) is 4.27. The van der Waals surface area contributed by atoms with Crippen molar-refractivity contribution in [3.05, 3.63) is 0 Å². The van der Waals surface area contributed by atoms with Crippen LogP contribution in [0, 0.1) is 0 Å². The monoisotopic (exact) mass is 212 g/mol. The van der Waals surface area contributed by atoms with Gasteiger partial charge < -0.3 is 4.90 Å². The van der Waals surface area contributed by atoms with E-state index in [1.807, 2.05) is 7.05 Å². The number of carbonyl (C=O) groups is 2. The Morgan fingerprint density at radius 1 is 1.27 bits per heavy atom. The molecule has 4 heteroatoms. The third-order valence-electron chi connectivity index (χ3n) is 3.02. The van der Waals surface area contributed by atoms with Gasteiger partial charge in [-0.25, -0.2) is 0 Å². The first kappa shape index (κ1) is 12.2. The van der Waals surface area contributed by atoms with Gasteiger partial charge in [0.1, 0.15) is 5.78 Å². The van der Waals surface area contributed by atoms with E-state index in [9.17, 15) is 9.59 Å². The molecule has 0 heterocycles. The van der Waals surface area contributed by atoms with E-state index in [0.29, 0.717) is 31.2 Å². The lowest BCUT2D eigenvalue weighted by Crippen LogP contribution is -2.41. The molecule has 0 aliphatic heterocycles. The minimum absolute atomic E-state index is 0.120. The van der Waals surface area contributed by atoms with Gasteiger partial charge in [0.2, 0.25) is 5.91 Å². The van der Waals surface area contributed by atoms with Crippen LogP contribution in [0.15, 0.2) is 0 Å². The van der Waals surface area contributed by atoms with Gasteiger partial charge in [0.15, 0.2) is 0 Å². The molecular formula is C11H20N2O2. The molecule has 15 heavy (non-hydrogen) atoms. The smallest absolute Gasteiger partial charge is 0.236 e. The van der Waals surface area contributed by atoms with Crippen molar-refractivity contribution in [1.29, 1.82) is 0 Å². The van der Waals surface area contributed by atoms with Crippen LogP contribution in [0.5, 0.6) is 0 Å². The summed E-state index contributed by atoms with van der Waals surface area (Å²) in [7, 11) is 5.49. The summed E-state index contributed by atoms with van der Waals surface area (Å²) < 4.78 is 0. The molecule has 1 saturated carbocycles. The summed E-state index contributed by atoms with van der Waals surface area (Å²) in [4.78, 5) is 26.2. The fourth-order valence-electron chi connectivity index (χ4n) is 1.85. The van der Waals surface area contributed by atoms with Crippen molar-refractivity contribution < 1.29 is 9.59 Å². The van der Waals surface area contributed by atoms with Crippen LogP contribution in [0.1, 0.15) is 25.7 Å². The normalized spacial score (nSPS) is 18.3. The van der Waals surface area contributed by atoms with Crippen LogP contribution in [0.25, 0.3) is 0 Å². The van der Waals surface area contributed by atoms with Crippen LogP contribution < -0.4 is 0 Å². The number of likely N-dealkylation sites (N-methyl/N-ethyl adjacent to an activating group) is 2. The van der Waals surface area contributed by atoms with Gasteiger partial charge in [0.05, 0.1) is 6.54 Å². The van der Waals surface area contributed by atoms with Gasteiger partial charge in [-0.05, 0) is 19.9 Å². The second-order valence-corrected chi connectivity index (χ2v) is 4.47. The zero-order chi connectivity index (χ0) is 11.4. The Balaban J connectivity index is 2.37. The van der Waals surface area contributed by atoms with E-state index in [-0.39, 0.29) is 5.91 Å². The topological polar surface area (TPSA) is 40.6 Å². The summed E-state index contributed by atoms with van der Waals surface area (Å²) in [6, 6.07) is 0.395. The van der Waals surface area contributed by atoms with E-state index in [1.54, 1.807) is 19.0 Å². The number of hydrogen-bond donors (Lipinski definition) is 0. The van der Waals surface area contributed by atoms with Crippen LogP contribution in [-0.2, 0) is 9.59 Å². The Hall–Kier alpha value is -0.900. The maximum Gasteiger partial charge on any atom is 0.236 e. The second-order valence-electron chi connectivity index (χ2n) is 4.47. The lowest BCUT2D eigenvalue weighted by Gasteiger charge is -2.30. The molecule has 4 nitrogen and oxygen atoms in total. The molecule has 86 valence electrons. The van der Waals surface area contributed by atoms with E-state index in [0.717, 1.165) is 12.8 Å². The largest absolute Gasteiger partial charge is 0.348 e. The number of hydrogen-bond acceptors (Lipinski definition) is 3. The van der Waals surface area contributed by atoms with Crippen molar-refractivity contribution in [3.63, 3.8) is 0 Å². The Morgan fingerprint density at radius 2 is 1.80 bits per heavy atom. The zero-order valence-electron chi connectivity index (χ0n) is 9.82. The van der Waals surface area contributed by atoms with Crippen molar-refractivity contribution >= 4 is 11.7 Å². The molecule has 1 aliphatic carbocycles. The Bertz CT molecular complexity index is 241. The first-order valence-electron chi connectivity index (χ1n) is 5.43. The summed E-state index contributed by atoms with van der Waals surface area (Å²) in [5, 5.41) is 0. The van der Waals surface area contributed by atoms with Crippen molar-refractivity contribution in [3.8, 4) is 0 Å². The van der Waals surface area contributed by atoms with Crippen LogP contribution in [0.3, 0.4) is 0 Å². The van der Waals surface area contributed by atoms with Gasteiger partial charge in [-0.2, -0.15) is 0 Å². The molecule has 0 radical (unpaired) electrons. The highest BCUT2D eigenvalue weighted by atomic mass is 16.2. The molecule has 0 unspecified atom stereocenters. The summed E-state index contributed by atoms with van der Waals surface area (Å²) >= 11 is 0. The number of rotatable bonds is 3. The second kappa shape index (κ2) is 5.26. The third kappa shape index (κ3) is 3.63. The number of amides is 1. The molecule has 0 N–H and O–H groups in total. The molecule has 1 fully saturated rings. The average Bonchev–Trinajstić information content (AvgIpc) is 2.18. The first-order chi connectivity index (χ1) is 7.00. The Morgan fingerprint density at radius 3 is 2.27 bits per heavy atom. The first-order valence-corrected chi connectivity index (χ1v) is 5.43. The maximum atomic E-state index is 11.5. The van der Waals surface area contributed by atoms with Gasteiger partial charge in [-0.1, -0.05) is 0 Å². The maximum absolute atomic E-state index is 11.5. The molecule has 0 aromatic carbocycles. The van der Waals surface area contributed by atoms with E-state index in [2.05, 4.69) is 4.90 Å². The number of nitrogens with zero attached hydrogens (tertiary/aromatic N) is 2. The molecule has 0 spiro atoms. The average molecular weight is 212 g/mol. The summed E-state index contributed by atoms with van der Waals surface area (Å²) in [6.07, 6.45) is 3.14.